The first kappa shape index (κ1) is 21.9. The van der Waals surface area contributed by atoms with Crippen molar-refractivity contribution < 1.29 is 4.74 Å². The molecule has 4 aliphatic rings. The van der Waals surface area contributed by atoms with Crippen LogP contribution in [0.4, 0.5) is 0 Å². The van der Waals surface area contributed by atoms with Gasteiger partial charge < -0.3 is 4.74 Å². The van der Waals surface area contributed by atoms with Crippen LogP contribution in [0.15, 0.2) is 36.0 Å². The predicted octanol–water partition coefficient (Wildman–Crippen LogP) is 7.79. The number of allylic oxidation sites excluding steroid dienone is 1. The van der Waals surface area contributed by atoms with Crippen LogP contribution in [-0.4, -0.2) is 21.9 Å². The van der Waals surface area contributed by atoms with E-state index in [1.807, 2.05) is 6.20 Å². The number of ether oxygens (including phenoxy) is 1. The second-order valence-corrected chi connectivity index (χ2v) is 13.2. The Morgan fingerprint density at radius 2 is 1.88 bits per heavy atom. The first-order valence-corrected chi connectivity index (χ1v) is 13.5. The molecular weight excluding hydrogens is 404 g/mol. The van der Waals surface area contributed by atoms with Gasteiger partial charge in [0.1, 0.15) is 0 Å². The number of benzene rings is 1. The summed E-state index contributed by atoms with van der Waals surface area (Å²) in [7, 11) is 0. The number of aromatic amines is 1. The Morgan fingerprint density at radius 1 is 1.03 bits per heavy atom. The number of hydrogen-bond donors (Lipinski definition) is 1. The van der Waals surface area contributed by atoms with E-state index in [1.165, 1.54) is 61.4 Å². The number of nitrogens with zero attached hydrogens (tertiary/aromatic N) is 1. The van der Waals surface area contributed by atoms with Crippen LogP contribution in [0, 0.1) is 28.6 Å². The van der Waals surface area contributed by atoms with Crippen LogP contribution in [0.2, 0.25) is 0 Å². The zero-order valence-electron chi connectivity index (χ0n) is 21.3. The Hall–Kier alpha value is -1.61. The van der Waals surface area contributed by atoms with Crippen LogP contribution in [0.1, 0.15) is 97.5 Å². The Kier molecular flexibility index (Phi) is 4.94. The molecule has 33 heavy (non-hydrogen) atoms. The van der Waals surface area contributed by atoms with Crippen LogP contribution >= 0.6 is 0 Å². The molecule has 0 amide bonds. The normalized spacial score (nSPS) is 40.8. The average molecular weight is 447 g/mol. The molecule has 0 saturated heterocycles. The molecule has 178 valence electrons. The fraction of sp³-hybridized carbons (Fsp3) is 0.700. The lowest BCUT2D eigenvalue weighted by Crippen LogP contribution is -2.50. The molecular formula is C30H42N2O. The lowest BCUT2D eigenvalue weighted by Gasteiger charge is -2.58. The summed E-state index contributed by atoms with van der Waals surface area (Å²) < 4.78 is 6.43. The van der Waals surface area contributed by atoms with Gasteiger partial charge in [0.15, 0.2) is 0 Å². The molecule has 1 aromatic heterocycles. The minimum absolute atomic E-state index is 0.0408. The molecule has 1 heterocycles. The highest BCUT2D eigenvalue weighted by Crippen LogP contribution is 2.68. The quantitative estimate of drug-likeness (QED) is 0.478. The van der Waals surface area contributed by atoms with E-state index in [-0.39, 0.29) is 5.60 Å². The number of fused-ring (bicyclic) bond motifs is 6. The molecule has 1 N–H and O–H groups in total. The Morgan fingerprint density at radius 3 is 2.70 bits per heavy atom. The van der Waals surface area contributed by atoms with Gasteiger partial charge in [-0.2, -0.15) is 5.10 Å². The number of H-pyrrole nitrogens is 1. The summed E-state index contributed by atoms with van der Waals surface area (Å²) in [5.74, 6) is 3.26. The van der Waals surface area contributed by atoms with Crippen molar-refractivity contribution in [2.24, 2.45) is 28.6 Å². The Bertz CT molecular complexity index is 1080. The molecule has 4 aliphatic carbocycles. The summed E-state index contributed by atoms with van der Waals surface area (Å²) in [6.07, 6.45) is 15.5. The van der Waals surface area contributed by atoms with Gasteiger partial charge in [-0.25, -0.2) is 0 Å². The third-order valence-corrected chi connectivity index (χ3v) is 10.4. The van der Waals surface area contributed by atoms with Gasteiger partial charge in [0, 0.05) is 5.39 Å². The molecule has 3 saturated carbocycles. The van der Waals surface area contributed by atoms with E-state index < -0.39 is 0 Å². The van der Waals surface area contributed by atoms with Crippen LogP contribution in [-0.2, 0) is 4.74 Å². The number of hydrogen-bond acceptors (Lipinski definition) is 2. The van der Waals surface area contributed by atoms with Crippen LogP contribution < -0.4 is 0 Å². The van der Waals surface area contributed by atoms with E-state index in [9.17, 15) is 0 Å². The predicted molar refractivity (Wildman–Crippen MR) is 135 cm³/mol. The van der Waals surface area contributed by atoms with Crippen molar-refractivity contribution in [2.45, 2.75) is 104 Å². The summed E-state index contributed by atoms with van der Waals surface area (Å²) in [5, 5.41) is 8.68. The lowest BCUT2D eigenvalue weighted by molar-refractivity contribution is -0.0922. The summed E-state index contributed by atoms with van der Waals surface area (Å²) in [5.41, 5.74) is 5.25. The average Bonchev–Trinajstić information content (AvgIpc) is 3.36. The van der Waals surface area contributed by atoms with Gasteiger partial charge in [-0.15, -0.1) is 0 Å². The van der Waals surface area contributed by atoms with Gasteiger partial charge in [0.25, 0.3) is 0 Å². The van der Waals surface area contributed by atoms with Crippen molar-refractivity contribution in [3.63, 3.8) is 0 Å². The maximum Gasteiger partial charge on any atom is 0.0653 e. The molecule has 3 fully saturated rings. The molecule has 0 aliphatic heterocycles. The van der Waals surface area contributed by atoms with Crippen molar-refractivity contribution in [1.29, 1.82) is 0 Å². The fourth-order valence-corrected chi connectivity index (χ4v) is 8.95. The maximum absolute atomic E-state index is 6.43. The van der Waals surface area contributed by atoms with E-state index in [0.717, 1.165) is 24.2 Å². The van der Waals surface area contributed by atoms with Crippen LogP contribution in [0.5, 0.6) is 0 Å². The molecule has 1 aromatic carbocycles. The first-order chi connectivity index (χ1) is 15.7. The van der Waals surface area contributed by atoms with Crippen molar-refractivity contribution >= 4 is 10.9 Å². The Labute approximate surface area is 199 Å². The van der Waals surface area contributed by atoms with Crippen molar-refractivity contribution in [3.8, 4) is 0 Å². The molecule has 0 unspecified atom stereocenters. The third-order valence-electron chi connectivity index (χ3n) is 10.4. The fourth-order valence-electron chi connectivity index (χ4n) is 8.95. The Balaban J connectivity index is 1.26. The minimum Gasteiger partial charge on any atom is -0.372 e. The second-order valence-electron chi connectivity index (χ2n) is 13.2. The molecule has 3 heteroatoms. The SMILES string of the molecule is CC(C)(C)O[C@H]1CC[C@@]2(C)C(=CC[C@H]3[C@@H]4CC[C@H](c5ccc6cn[nH]c6c5)[C@@]4(C)CC[C@@H]32)C1. The largest absolute Gasteiger partial charge is 0.372 e. The van der Waals surface area contributed by atoms with Gasteiger partial charge in [0.2, 0.25) is 0 Å². The zero-order chi connectivity index (χ0) is 23.0. The number of rotatable bonds is 2. The van der Waals surface area contributed by atoms with Gasteiger partial charge in [-0.3, -0.25) is 5.10 Å². The molecule has 3 nitrogen and oxygen atoms in total. The molecule has 2 aromatic rings. The van der Waals surface area contributed by atoms with Gasteiger partial charge >= 0.3 is 0 Å². The monoisotopic (exact) mass is 446 g/mol. The van der Waals surface area contributed by atoms with E-state index in [0.29, 0.717) is 22.9 Å². The summed E-state index contributed by atoms with van der Waals surface area (Å²) in [4.78, 5) is 0. The van der Waals surface area contributed by atoms with Crippen molar-refractivity contribution in [2.75, 3.05) is 0 Å². The van der Waals surface area contributed by atoms with E-state index in [4.69, 9.17) is 4.74 Å². The number of nitrogens with one attached hydrogen (secondary N) is 1. The molecule has 0 spiro atoms. The minimum atomic E-state index is -0.0408. The molecule has 0 radical (unpaired) electrons. The topological polar surface area (TPSA) is 37.9 Å². The second kappa shape index (κ2) is 7.44. The van der Waals surface area contributed by atoms with Crippen LogP contribution in [0.25, 0.3) is 10.9 Å². The van der Waals surface area contributed by atoms with Crippen molar-refractivity contribution in [3.05, 3.63) is 41.6 Å². The summed E-state index contributed by atoms with van der Waals surface area (Å²) >= 11 is 0. The first-order valence-electron chi connectivity index (χ1n) is 13.5. The van der Waals surface area contributed by atoms with Gasteiger partial charge in [0.05, 0.1) is 23.4 Å². The van der Waals surface area contributed by atoms with Gasteiger partial charge in [-0.1, -0.05) is 37.6 Å². The molecule has 7 atom stereocenters. The standard InChI is InChI=1S/C30H42N2O/c1-28(2,3)33-22-12-14-29(4)21(17-22)8-9-23-25-11-10-24(30(25,5)15-13-26(23)29)19-6-7-20-18-31-32-27(20)16-19/h6-8,16,18,22-26H,9-15,17H2,1-5H3,(H,31,32)/t22-,23-,24+,25-,26-,29-,30+/m0/s1. The van der Waals surface area contributed by atoms with E-state index >= 15 is 0 Å². The highest BCUT2D eigenvalue weighted by atomic mass is 16.5. The van der Waals surface area contributed by atoms with Crippen LogP contribution in [0.3, 0.4) is 0 Å². The number of aromatic nitrogens is 2. The zero-order valence-corrected chi connectivity index (χ0v) is 21.3. The van der Waals surface area contributed by atoms with E-state index in [2.05, 4.69) is 69.1 Å². The maximum atomic E-state index is 6.43. The molecule has 6 rings (SSSR count). The summed E-state index contributed by atoms with van der Waals surface area (Å²) in [6.45, 7) is 11.9. The smallest absolute Gasteiger partial charge is 0.0653 e. The lowest BCUT2D eigenvalue weighted by atomic mass is 9.47. The summed E-state index contributed by atoms with van der Waals surface area (Å²) in [6, 6.07) is 7.05. The van der Waals surface area contributed by atoms with Gasteiger partial charge in [-0.05, 0) is 118 Å². The highest BCUT2D eigenvalue weighted by molar-refractivity contribution is 5.78. The third kappa shape index (κ3) is 3.44. The van der Waals surface area contributed by atoms with Crippen molar-refractivity contribution in [1.82, 2.24) is 10.2 Å². The van der Waals surface area contributed by atoms with E-state index in [1.54, 1.807) is 5.57 Å². The highest BCUT2D eigenvalue weighted by Gasteiger charge is 2.58. The molecule has 0 bridgehead atoms.